The largest absolute Gasteiger partial charge is 0.494 e. The second-order valence-electron chi connectivity index (χ2n) is 5.90. The van der Waals surface area contributed by atoms with Crippen LogP contribution >= 0.6 is 0 Å². The van der Waals surface area contributed by atoms with Gasteiger partial charge in [-0.15, -0.1) is 0 Å². The van der Waals surface area contributed by atoms with Gasteiger partial charge in [-0.1, -0.05) is 12.1 Å². The Morgan fingerprint density at radius 2 is 1.91 bits per heavy atom. The third-order valence-electron chi connectivity index (χ3n) is 3.55. The van der Waals surface area contributed by atoms with Crippen molar-refractivity contribution >= 4 is 5.91 Å². The molecule has 122 valence electrons. The van der Waals surface area contributed by atoms with Crippen molar-refractivity contribution in [1.82, 2.24) is 10.4 Å². The number of hydrazine groups is 1. The topological polar surface area (TPSA) is 41.6 Å². The summed E-state index contributed by atoms with van der Waals surface area (Å²) in [5, 5.41) is 0.956. The van der Waals surface area contributed by atoms with Crippen LogP contribution in [0.15, 0.2) is 24.3 Å². The Morgan fingerprint density at radius 3 is 2.32 bits per heavy atom. The minimum absolute atomic E-state index is 0.0107. The molecule has 1 aromatic carbocycles. The molecule has 1 N–H and O–H groups in total. The van der Waals surface area contributed by atoms with Crippen molar-refractivity contribution in [3.05, 3.63) is 29.8 Å². The van der Waals surface area contributed by atoms with Crippen molar-refractivity contribution in [3.63, 3.8) is 0 Å². The van der Waals surface area contributed by atoms with Crippen LogP contribution in [-0.2, 0) is 4.79 Å². The quantitative estimate of drug-likeness (QED) is 0.928. The normalized spacial score (nSPS) is 19.8. The van der Waals surface area contributed by atoms with Gasteiger partial charge < -0.3 is 4.74 Å². The lowest BCUT2D eigenvalue weighted by molar-refractivity contribution is -0.191. The standard InChI is InChI=1S/C15H19F3N2O2/c1-4-22-11-7-5-10(6-8-11)12(15(16,17)18)20-9-14(2,3)13(21)19-20/h5-8,12H,4,9H2,1-3H3,(H,19,21). The third-order valence-corrected chi connectivity index (χ3v) is 3.55. The first-order valence-corrected chi connectivity index (χ1v) is 7.02. The summed E-state index contributed by atoms with van der Waals surface area (Å²) in [7, 11) is 0. The van der Waals surface area contributed by atoms with Crippen LogP contribution in [0.25, 0.3) is 0 Å². The molecule has 1 fully saturated rings. The number of hydrogen-bond acceptors (Lipinski definition) is 3. The lowest BCUT2D eigenvalue weighted by atomic mass is 9.93. The van der Waals surface area contributed by atoms with E-state index in [9.17, 15) is 18.0 Å². The predicted molar refractivity (Wildman–Crippen MR) is 75.0 cm³/mol. The van der Waals surface area contributed by atoms with Crippen LogP contribution in [0, 0.1) is 5.41 Å². The number of amides is 1. The highest BCUT2D eigenvalue weighted by Crippen LogP contribution is 2.40. The monoisotopic (exact) mass is 316 g/mol. The summed E-state index contributed by atoms with van der Waals surface area (Å²) >= 11 is 0. The highest BCUT2D eigenvalue weighted by molar-refractivity contribution is 5.83. The van der Waals surface area contributed by atoms with Crippen LogP contribution in [0.3, 0.4) is 0 Å². The van der Waals surface area contributed by atoms with E-state index in [4.69, 9.17) is 4.74 Å². The molecule has 1 aliphatic heterocycles. The van der Waals surface area contributed by atoms with E-state index in [0.29, 0.717) is 12.4 Å². The zero-order chi connectivity index (χ0) is 16.5. The lowest BCUT2D eigenvalue weighted by Gasteiger charge is -2.29. The van der Waals surface area contributed by atoms with Gasteiger partial charge in [-0.25, -0.2) is 5.01 Å². The van der Waals surface area contributed by atoms with E-state index in [-0.39, 0.29) is 12.1 Å². The van der Waals surface area contributed by atoms with Crippen molar-refractivity contribution in [3.8, 4) is 5.75 Å². The molecule has 0 aliphatic carbocycles. The fraction of sp³-hybridized carbons (Fsp3) is 0.533. The van der Waals surface area contributed by atoms with E-state index in [1.165, 1.54) is 24.3 Å². The average Bonchev–Trinajstić information content (AvgIpc) is 2.64. The van der Waals surface area contributed by atoms with Gasteiger partial charge in [0.25, 0.3) is 0 Å². The molecule has 0 spiro atoms. The predicted octanol–water partition coefficient (Wildman–Crippen LogP) is 3.06. The fourth-order valence-corrected chi connectivity index (χ4v) is 2.43. The maximum absolute atomic E-state index is 13.5. The van der Waals surface area contributed by atoms with E-state index in [0.717, 1.165) is 5.01 Å². The van der Waals surface area contributed by atoms with Crippen LogP contribution in [0.5, 0.6) is 5.75 Å². The molecule has 2 rings (SSSR count). The molecule has 0 aromatic heterocycles. The van der Waals surface area contributed by atoms with Crippen molar-refractivity contribution in [1.29, 1.82) is 0 Å². The van der Waals surface area contributed by atoms with Gasteiger partial charge in [-0.2, -0.15) is 13.2 Å². The van der Waals surface area contributed by atoms with Gasteiger partial charge in [0.1, 0.15) is 11.8 Å². The number of hydrogen-bond donors (Lipinski definition) is 1. The van der Waals surface area contributed by atoms with Gasteiger partial charge in [-0.05, 0) is 38.5 Å². The molecule has 1 aromatic rings. The zero-order valence-electron chi connectivity index (χ0n) is 12.7. The number of benzene rings is 1. The molecule has 22 heavy (non-hydrogen) atoms. The molecule has 4 nitrogen and oxygen atoms in total. The minimum atomic E-state index is -4.50. The molecular formula is C15H19F3N2O2. The van der Waals surface area contributed by atoms with E-state index in [2.05, 4.69) is 5.43 Å². The van der Waals surface area contributed by atoms with Gasteiger partial charge in [-0.3, -0.25) is 10.2 Å². The van der Waals surface area contributed by atoms with Gasteiger partial charge in [0, 0.05) is 6.54 Å². The second kappa shape index (κ2) is 5.79. The van der Waals surface area contributed by atoms with E-state index >= 15 is 0 Å². The first-order chi connectivity index (χ1) is 10.1. The molecule has 1 heterocycles. The molecule has 0 saturated carbocycles. The molecule has 0 bridgehead atoms. The van der Waals surface area contributed by atoms with Gasteiger partial charge in [0.2, 0.25) is 5.91 Å². The van der Waals surface area contributed by atoms with Gasteiger partial charge in [0.05, 0.1) is 12.0 Å². The first kappa shape index (κ1) is 16.6. The molecule has 7 heteroatoms. The summed E-state index contributed by atoms with van der Waals surface area (Å²) in [6, 6.07) is 3.87. The van der Waals surface area contributed by atoms with Crippen molar-refractivity contribution in [2.75, 3.05) is 13.2 Å². The van der Waals surface area contributed by atoms with Crippen LogP contribution < -0.4 is 10.2 Å². The second-order valence-corrected chi connectivity index (χ2v) is 5.90. The number of carbonyl (C=O) groups is 1. The van der Waals surface area contributed by atoms with Gasteiger partial charge >= 0.3 is 6.18 Å². The third kappa shape index (κ3) is 3.35. The number of nitrogens with one attached hydrogen (secondary N) is 1. The highest BCUT2D eigenvalue weighted by atomic mass is 19.4. The van der Waals surface area contributed by atoms with Crippen LogP contribution in [-0.4, -0.2) is 30.2 Å². The molecular weight excluding hydrogens is 297 g/mol. The first-order valence-electron chi connectivity index (χ1n) is 7.02. The molecule has 1 unspecified atom stereocenters. The maximum atomic E-state index is 13.5. The smallest absolute Gasteiger partial charge is 0.409 e. The van der Waals surface area contributed by atoms with E-state index in [1.54, 1.807) is 20.8 Å². The van der Waals surface area contributed by atoms with E-state index in [1.807, 2.05) is 0 Å². The Hall–Kier alpha value is -1.76. The minimum Gasteiger partial charge on any atom is -0.494 e. The zero-order valence-corrected chi connectivity index (χ0v) is 12.7. The summed E-state index contributed by atoms with van der Waals surface area (Å²) < 4.78 is 45.6. The lowest BCUT2D eigenvalue weighted by Crippen LogP contribution is -2.43. The van der Waals surface area contributed by atoms with Crippen LogP contribution in [0.1, 0.15) is 32.4 Å². The Bertz CT molecular complexity index is 541. The number of rotatable bonds is 4. The average molecular weight is 316 g/mol. The number of alkyl halides is 3. The number of ether oxygens (including phenoxy) is 1. The maximum Gasteiger partial charge on any atom is 0.409 e. The molecule has 1 atom stereocenters. The fourth-order valence-electron chi connectivity index (χ4n) is 2.43. The highest BCUT2D eigenvalue weighted by Gasteiger charge is 2.51. The van der Waals surface area contributed by atoms with Crippen LogP contribution in [0.2, 0.25) is 0 Å². The number of halogens is 3. The van der Waals surface area contributed by atoms with Crippen molar-refractivity contribution in [2.45, 2.75) is 33.0 Å². The Kier molecular flexibility index (Phi) is 4.37. The SMILES string of the molecule is CCOc1ccc(C(N2CC(C)(C)C(=O)N2)C(F)(F)F)cc1. The molecule has 0 radical (unpaired) electrons. The summed E-state index contributed by atoms with van der Waals surface area (Å²) in [6.07, 6.45) is -4.50. The Balaban J connectivity index is 2.30. The summed E-state index contributed by atoms with van der Waals surface area (Å²) in [6.45, 7) is 5.47. The van der Waals surface area contributed by atoms with Crippen molar-refractivity contribution < 1.29 is 22.7 Å². The summed E-state index contributed by atoms with van der Waals surface area (Å²) in [4.78, 5) is 11.8. The molecule has 1 saturated heterocycles. The summed E-state index contributed by atoms with van der Waals surface area (Å²) in [5.41, 5.74) is 1.54. The Morgan fingerprint density at radius 1 is 1.32 bits per heavy atom. The van der Waals surface area contributed by atoms with E-state index < -0.39 is 23.5 Å². The molecule has 1 aliphatic rings. The Labute approximate surface area is 127 Å². The van der Waals surface area contributed by atoms with Gasteiger partial charge in [0.15, 0.2) is 0 Å². The summed E-state index contributed by atoms with van der Waals surface area (Å²) in [5.74, 6) is 0.102. The molecule has 1 amide bonds. The number of nitrogens with zero attached hydrogens (tertiary/aromatic N) is 1. The van der Waals surface area contributed by atoms with Crippen LogP contribution in [0.4, 0.5) is 13.2 Å². The van der Waals surface area contributed by atoms with Crippen molar-refractivity contribution in [2.24, 2.45) is 5.41 Å². The number of carbonyl (C=O) groups excluding carboxylic acids is 1.